The van der Waals surface area contributed by atoms with Gasteiger partial charge in [0, 0.05) is 31.9 Å². The minimum absolute atomic E-state index is 0.0156. The zero-order chi connectivity index (χ0) is 14.5. The van der Waals surface area contributed by atoms with Crippen LogP contribution in [0.4, 0.5) is 0 Å². The van der Waals surface area contributed by atoms with Gasteiger partial charge in [0.15, 0.2) is 0 Å². The van der Waals surface area contributed by atoms with Crippen LogP contribution >= 0.6 is 0 Å². The number of carbonyl (C=O) groups excluding carboxylic acids is 1. The van der Waals surface area contributed by atoms with Crippen molar-refractivity contribution >= 4 is 11.9 Å². The molecule has 0 spiro atoms. The summed E-state index contributed by atoms with van der Waals surface area (Å²) in [5.74, 6) is -0.699. The number of amides is 1. The van der Waals surface area contributed by atoms with Crippen LogP contribution in [0, 0.1) is 5.92 Å². The van der Waals surface area contributed by atoms with Crippen molar-refractivity contribution in [2.24, 2.45) is 5.92 Å². The standard InChI is InChI=1S/C13H17N3O4/c17-11(9-16-6-1-5-14-13(16)20)15-7-4-10(8-15)2-3-12(18)19/h1,5-6,10H,2-4,7-9H2,(H,18,19). The van der Waals surface area contributed by atoms with Crippen LogP contribution in [0.2, 0.25) is 0 Å². The fraction of sp³-hybridized carbons (Fsp3) is 0.538. The highest BCUT2D eigenvalue weighted by Gasteiger charge is 2.26. The Labute approximate surface area is 115 Å². The highest BCUT2D eigenvalue weighted by atomic mass is 16.4. The first-order chi connectivity index (χ1) is 9.56. The number of rotatable bonds is 5. The molecule has 0 saturated carbocycles. The average molecular weight is 279 g/mol. The van der Waals surface area contributed by atoms with E-state index >= 15 is 0 Å². The van der Waals surface area contributed by atoms with Gasteiger partial charge in [-0.2, -0.15) is 0 Å². The van der Waals surface area contributed by atoms with Crippen molar-refractivity contribution in [3.05, 3.63) is 28.9 Å². The largest absolute Gasteiger partial charge is 0.481 e. The molecule has 2 rings (SSSR count). The van der Waals surface area contributed by atoms with Gasteiger partial charge in [0.25, 0.3) is 0 Å². The van der Waals surface area contributed by atoms with Crippen LogP contribution in [-0.2, 0) is 16.1 Å². The molecule has 20 heavy (non-hydrogen) atoms. The van der Waals surface area contributed by atoms with Crippen molar-refractivity contribution < 1.29 is 14.7 Å². The summed E-state index contributed by atoms with van der Waals surface area (Å²) in [5, 5.41) is 8.65. The van der Waals surface area contributed by atoms with Gasteiger partial charge in [0.05, 0.1) is 0 Å². The minimum atomic E-state index is -0.809. The predicted molar refractivity (Wildman–Crippen MR) is 70.1 cm³/mol. The molecular formula is C13H17N3O4. The molecule has 1 saturated heterocycles. The molecule has 0 radical (unpaired) electrons. The number of carbonyl (C=O) groups is 2. The summed E-state index contributed by atoms with van der Waals surface area (Å²) in [6, 6.07) is 1.61. The van der Waals surface area contributed by atoms with Gasteiger partial charge in [-0.25, -0.2) is 9.78 Å². The second-order valence-electron chi connectivity index (χ2n) is 4.96. The number of hydrogen-bond donors (Lipinski definition) is 1. The predicted octanol–water partition coefficient (Wildman–Crippen LogP) is -0.0434. The van der Waals surface area contributed by atoms with Crippen LogP contribution in [0.15, 0.2) is 23.3 Å². The summed E-state index contributed by atoms with van der Waals surface area (Å²) >= 11 is 0. The molecule has 1 amide bonds. The third-order valence-corrected chi connectivity index (χ3v) is 3.49. The summed E-state index contributed by atoms with van der Waals surface area (Å²) < 4.78 is 1.27. The molecule has 1 unspecified atom stereocenters. The Morgan fingerprint density at radius 1 is 1.45 bits per heavy atom. The molecule has 7 nitrogen and oxygen atoms in total. The lowest BCUT2D eigenvalue weighted by molar-refractivity contribution is -0.137. The first-order valence-corrected chi connectivity index (χ1v) is 6.57. The quantitative estimate of drug-likeness (QED) is 0.816. The van der Waals surface area contributed by atoms with Crippen molar-refractivity contribution in [1.29, 1.82) is 0 Å². The Morgan fingerprint density at radius 3 is 2.95 bits per heavy atom. The van der Waals surface area contributed by atoms with Gasteiger partial charge in [0.1, 0.15) is 6.54 Å². The minimum Gasteiger partial charge on any atom is -0.481 e. The number of carboxylic acids is 1. The highest BCUT2D eigenvalue weighted by molar-refractivity contribution is 5.76. The van der Waals surface area contributed by atoms with Crippen molar-refractivity contribution in [2.75, 3.05) is 13.1 Å². The molecule has 1 aromatic rings. The summed E-state index contributed by atoms with van der Waals surface area (Å²) in [4.78, 5) is 39.3. The summed E-state index contributed by atoms with van der Waals surface area (Å²) in [6.45, 7) is 1.18. The van der Waals surface area contributed by atoms with Gasteiger partial charge in [-0.1, -0.05) is 0 Å². The van der Waals surface area contributed by atoms with Crippen LogP contribution in [0.25, 0.3) is 0 Å². The van der Waals surface area contributed by atoms with Crippen LogP contribution in [0.3, 0.4) is 0 Å². The zero-order valence-corrected chi connectivity index (χ0v) is 11.1. The molecule has 1 aliphatic heterocycles. The maximum absolute atomic E-state index is 12.1. The Bertz CT molecular complexity index is 555. The summed E-state index contributed by atoms with van der Waals surface area (Å²) in [7, 11) is 0. The maximum Gasteiger partial charge on any atom is 0.347 e. The molecule has 108 valence electrons. The Balaban J connectivity index is 1.87. The maximum atomic E-state index is 12.1. The fourth-order valence-corrected chi connectivity index (χ4v) is 2.38. The van der Waals surface area contributed by atoms with Gasteiger partial charge in [-0.15, -0.1) is 0 Å². The van der Waals surface area contributed by atoms with Gasteiger partial charge >= 0.3 is 11.7 Å². The molecule has 7 heteroatoms. The van der Waals surface area contributed by atoms with E-state index in [0.29, 0.717) is 19.5 Å². The number of carboxylic acid groups (broad SMARTS) is 1. The van der Waals surface area contributed by atoms with Crippen LogP contribution < -0.4 is 5.69 Å². The third-order valence-electron chi connectivity index (χ3n) is 3.49. The lowest BCUT2D eigenvalue weighted by Gasteiger charge is -2.16. The normalized spacial score (nSPS) is 18.2. The number of aromatic nitrogens is 2. The fourth-order valence-electron chi connectivity index (χ4n) is 2.38. The number of hydrogen-bond acceptors (Lipinski definition) is 4. The van der Waals surface area contributed by atoms with Crippen LogP contribution in [-0.4, -0.2) is 44.5 Å². The average Bonchev–Trinajstić information content (AvgIpc) is 2.88. The lowest BCUT2D eigenvalue weighted by atomic mass is 10.0. The van der Waals surface area contributed by atoms with Crippen LogP contribution in [0.1, 0.15) is 19.3 Å². The number of aliphatic carboxylic acids is 1. The highest BCUT2D eigenvalue weighted by Crippen LogP contribution is 2.21. The monoisotopic (exact) mass is 279 g/mol. The van der Waals surface area contributed by atoms with Gasteiger partial charge < -0.3 is 10.0 Å². The molecular weight excluding hydrogens is 262 g/mol. The van der Waals surface area contributed by atoms with E-state index in [9.17, 15) is 14.4 Å². The first kappa shape index (κ1) is 14.2. The van der Waals surface area contributed by atoms with Crippen molar-refractivity contribution in [3.63, 3.8) is 0 Å². The number of likely N-dealkylation sites (tertiary alicyclic amines) is 1. The van der Waals surface area contributed by atoms with Crippen LogP contribution in [0.5, 0.6) is 0 Å². The molecule has 1 aromatic heterocycles. The van der Waals surface area contributed by atoms with E-state index in [4.69, 9.17) is 5.11 Å². The Morgan fingerprint density at radius 2 is 2.25 bits per heavy atom. The smallest absolute Gasteiger partial charge is 0.347 e. The van der Waals surface area contributed by atoms with Crippen molar-refractivity contribution in [3.8, 4) is 0 Å². The van der Waals surface area contributed by atoms with Gasteiger partial charge in [-0.05, 0) is 24.8 Å². The Kier molecular flexibility index (Phi) is 4.49. The Hall–Kier alpha value is -2.18. The molecule has 0 bridgehead atoms. The van der Waals surface area contributed by atoms with E-state index in [1.165, 1.54) is 17.0 Å². The van der Waals surface area contributed by atoms with Gasteiger partial charge in [0.2, 0.25) is 5.91 Å². The molecule has 1 fully saturated rings. The van der Waals surface area contributed by atoms with Gasteiger partial charge in [-0.3, -0.25) is 14.2 Å². The second-order valence-corrected chi connectivity index (χ2v) is 4.96. The number of nitrogens with zero attached hydrogens (tertiary/aromatic N) is 3. The van der Waals surface area contributed by atoms with Crippen molar-refractivity contribution in [1.82, 2.24) is 14.5 Å². The summed E-state index contributed by atoms with van der Waals surface area (Å²) in [6.07, 6.45) is 4.47. The van der Waals surface area contributed by atoms with E-state index < -0.39 is 11.7 Å². The van der Waals surface area contributed by atoms with E-state index in [-0.39, 0.29) is 24.8 Å². The molecule has 1 N–H and O–H groups in total. The lowest BCUT2D eigenvalue weighted by Crippen LogP contribution is -2.35. The molecule has 1 atom stereocenters. The van der Waals surface area contributed by atoms with E-state index in [1.54, 1.807) is 11.0 Å². The molecule has 2 heterocycles. The SMILES string of the molecule is O=C(O)CCC1CCN(C(=O)Cn2cccnc2=O)C1. The first-order valence-electron chi connectivity index (χ1n) is 6.57. The third kappa shape index (κ3) is 3.66. The molecule has 0 aliphatic carbocycles. The van der Waals surface area contributed by atoms with E-state index in [2.05, 4.69) is 4.98 Å². The molecule has 0 aromatic carbocycles. The summed E-state index contributed by atoms with van der Waals surface area (Å²) in [5.41, 5.74) is -0.442. The van der Waals surface area contributed by atoms with Crippen molar-refractivity contribution in [2.45, 2.75) is 25.8 Å². The zero-order valence-electron chi connectivity index (χ0n) is 11.1. The topological polar surface area (TPSA) is 92.5 Å². The van der Waals surface area contributed by atoms with E-state index in [0.717, 1.165) is 6.42 Å². The van der Waals surface area contributed by atoms with E-state index in [1.807, 2.05) is 0 Å². The molecule has 1 aliphatic rings. The second kappa shape index (κ2) is 6.31.